The van der Waals surface area contributed by atoms with Crippen LogP contribution in [0.4, 0.5) is 4.79 Å². The smallest absolute Gasteiger partial charge is 0.315 e. The molecular formula is C17H29N3O2S. The van der Waals surface area contributed by atoms with E-state index < -0.39 is 5.60 Å². The summed E-state index contributed by atoms with van der Waals surface area (Å²) >= 11 is 1.56. The topological polar surface area (TPSA) is 74.2 Å². The van der Waals surface area contributed by atoms with Crippen LogP contribution >= 0.6 is 11.3 Å². The first-order chi connectivity index (χ1) is 10.8. The van der Waals surface area contributed by atoms with Crippen LogP contribution in [0.25, 0.3) is 0 Å². The quantitative estimate of drug-likeness (QED) is 0.737. The lowest BCUT2D eigenvalue weighted by atomic mass is 9.93. The minimum Gasteiger partial charge on any atom is -0.388 e. The molecule has 5 nitrogen and oxygen atoms in total. The van der Waals surface area contributed by atoms with Gasteiger partial charge in [-0.3, -0.25) is 0 Å². The molecule has 1 aromatic rings. The molecule has 0 aliphatic heterocycles. The zero-order valence-corrected chi connectivity index (χ0v) is 15.3. The maximum Gasteiger partial charge on any atom is 0.315 e. The van der Waals surface area contributed by atoms with Crippen LogP contribution in [0.2, 0.25) is 0 Å². The van der Waals surface area contributed by atoms with E-state index in [4.69, 9.17) is 0 Å². The molecule has 1 aliphatic rings. The van der Waals surface area contributed by atoms with E-state index in [0.29, 0.717) is 13.1 Å². The first-order valence-electron chi connectivity index (χ1n) is 8.47. The molecule has 0 spiro atoms. The molecule has 2 amide bonds. The number of carbonyl (C=O) groups is 1. The van der Waals surface area contributed by atoms with Crippen LogP contribution < -0.4 is 10.6 Å². The summed E-state index contributed by atoms with van der Waals surface area (Å²) in [4.78, 5) is 16.5. The molecule has 1 fully saturated rings. The lowest BCUT2D eigenvalue weighted by Crippen LogP contribution is -2.46. The number of rotatable bonds is 4. The summed E-state index contributed by atoms with van der Waals surface area (Å²) in [6.45, 7) is 7.12. The van der Waals surface area contributed by atoms with E-state index in [0.717, 1.165) is 36.4 Å². The minimum absolute atomic E-state index is 0.0275. The van der Waals surface area contributed by atoms with Crippen molar-refractivity contribution >= 4 is 17.4 Å². The second-order valence-corrected chi connectivity index (χ2v) is 8.49. The molecule has 0 aromatic carbocycles. The number of hydrogen-bond donors (Lipinski definition) is 3. The molecule has 1 aliphatic carbocycles. The van der Waals surface area contributed by atoms with Gasteiger partial charge in [-0.2, -0.15) is 0 Å². The van der Waals surface area contributed by atoms with Crippen LogP contribution in [-0.4, -0.2) is 28.3 Å². The number of aromatic nitrogens is 1. The molecule has 130 valence electrons. The third kappa shape index (κ3) is 5.77. The largest absolute Gasteiger partial charge is 0.388 e. The second kappa shape index (κ2) is 7.62. The Hall–Kier alpha value is -1.14. The van der Waals surface area contributed by atoms with E-state index in [2.05, 4.69) is 36.4 Å². The van der Waals surface area contributed by atoms with Gasteiger partial charge in [0.1, 0.15) is 5.01 Å². The predicted molar refractivity (Wildman–Crippen MR) is 93.7 cm³/mol. The monoisotopic (exact) mass is 339 g/mol. The van der Waals surface area contributed by atoms with Crippen molar-refractivity contribution in [1.29, 1.82) is 0 Å². The summed E-state index contributed by atoms with van der Waals surface area (Å²) < 4.78 is 0. The van der Waals surface area contributed by atoms with E-state index in [-0.39, 0.29) is 11.4 Å². The minimum atomic E-state index is -0.742. The maximum atomic E-state index is 11.9. The van der Waals surface area contributed by atoms with Crippen molar-refractivity contribution < 1.29 is 9.90 Å². The van der Waals surface area contributed by atoms with Gasteiger partial charge in [-0.25, -0.2) is 9.78 Å². The van der Waals surface area contributed by atoms with E-state index in [1.807, 2.05) is 5.38 Å². The third-order valence-corrected chi connectivity index (χ3v) is 5.18. The molecule has 0 radical (unpaired) electrons. The number of hydrogen-bond acceptors (Lipinski definition) is 4. The number of nitrogens with zero attached hydrogens (tertiary/aromatic N) is 1. The Morgan fingerprint density at radius 2 is 1.91 bits per heavy atom. The highest BCUT2D eigenvalue weighted by molar-refractivity contribution is 7.09. The highest BCUT2D eigenvalue weighted by Crippen LogP contribution is 2.26. The molecular weight excluding hydrogens is 310 g/mol. The van der Waals surface area contributed by atoms with Crippen molar-refractivity contribution in [2.75, 3.05) is 6.54 Å². The van der Waals surface area contributed by atoms with Gasteiger partial charge in [0.15, 0.2) is 0 Å². The van der Waals surface area contributed by atoms with Gasteiger partial charge in [0.2, 0.25) is 0 Å². The molecule has 0 saturated heterocycles. The van der Waals surface area contributed by atoms with E-state index in [1.54, 1.807) is 11.3 Å². The molecule has 23 heavy (non-hydrogen) atoms. The zero-order chi connectivity index (χ0) is 16.9. The number of urea groups is 1. The predicted octanol–water partition coefficient (Wildman–Crippen LogP) is 3.33. The van der Waals surface area contributed by atoms with Gasteiger partial charge in [0.25, 0.3) is 0 Å². The van der Waals surface area contributed by atoms with Crippen LogP contribution in [0.1, 0.15) is 70.0 Å². The zero-order valence-electron chi connectivity index (χ0n) is 14.4. The van der Waals surface area contributed by atoms with Crippen molar-refractivity contribution in [1.82, 2.24) is 15.6 Å². The summed E-state index contributed by atoms with van der Waals surface area (Å²) in [7, 11) is 0. The highest BCUT2D eigenvalue weighted by atomic mass is 32.1. The van der Waals surface area contributed by atoms with Gasteiger partial charge in [-0.15, -0.1) is 11.3 Å². The number of aliphatic hydroxyl groups is 1. The average molecular weight is 340 g/mol. The summed E-state index contributed by atoms with van der Waals surface area (Å²) in [5, 5.41) is 19.1. The number of nitrogens with one attached hydrogen (secondary N) is 2. The van der Waals surface area contributed by atoms with Crippen molar-refractivity contribution in [2.24, 2.45) is 0 Å². The summed E-state index contributed by atoms with van der Waals surface area (Å²) in [5.74, 6) is 0. The Balaban J connectivity index is 1.75. The fraction of sp³-hybridized carbons (Fsp3) is 0.765. The summed E-state index contributed by atoms with van der Waals surface area (Å²) in [6, 6.07) is -0.241. The van der Waals surface area contributed by atoms with Gasteiger partial charge in [-0.1, -0.05) is 46.5 Å². The Bertz CT molecular complexity index is 514. The lowest BCUT2D eigenvalue weighted by Gasteiger charge is -2.26. The van der Waals surface area contributed by atoms with Gasteiger partial charge >= 0.3 is 6.03 Å². The first-order valence-corrected chi connectivity index (χ1v) is 9.35. The fourth-order valence-electron chi connectivity index (χ4n) is 2.76. The fourth-order valence-corrected chi connectivity index (χ4v) is 3.72. The van der Waals surface area contributed by atoms with Gasteiger partial charge < -0.3 is 15.7 Å². The Morgan fingerprint density at radius 3 is 2.48 bits per heavy atom. The number of carbonyl (C=O) groups excluding carboxylic acids is 1. The number of amides is 2. The molecule has 0 bridgehead atoms. The van der Waals surface area contributed by atoms with Crippen molar-refractivity contribution in [3.63, 3.8) is 0 Å². The van der Waals surface area contributed by atoms with Gasteiger partial charge in [0.05, 0.1) is 17.8 Å². The summed E-state index contributed by atoms with van der Waals surface area (Å²) in [5.41, 5.74) is 0.334. The molecule has 1 saturated carbocycles. The lowest BCUT2D eigenvalue weighted by molar-refractivity contribution is 0.0276. The standard InChI is InChI=1S/C17H29N3O2S/c1-16(2,3)13-11-23-14(20-13)10-18-15(21)19-12-17(22)8-6-4-5-7-9-17/h11,22H,4-10,12H2,1-3H3,(H2,18,19,21). The summed E-state index contributed by atoms with van der Waals surface area (Å²) in [6.07, 6.45) is 5.97. The second-order valence-electron chi connectivity index (χ2n) is 7.55. The maximum absolute atomic E-state index is 11.9. The van der Waals surface area contributed by atoms with Gasteiger partial charge in [0, 0.05) is 17.3 Å². The van der Waals surface area contributed by atoms with Crippen molar-refractivity contribution in [2.45, 2.75) is 76.9 Å². The highest BCUT2D eigenvalue weighted by Gasteiger charge is 2.28. The first kappa shape index (κ1) is 18.2. The SMILES string of the molecule is CC(C)(C)c1csc(CNC(=O)NCC2(O)CCCCCC2)n1. The normalized spacial score (nSPS) is 18.3. The van der Waals surface area contributed by atoms with Crippen LogP contribution in [0.5, 0.6) is 0 Å². The van der Waals surface area contributed by atoms with E-state index in [9.17, 15) is 9.90 Å². The molecule has 1 aromatic heterocycles. The van der Waals surface area contributed by atoms with Crippen molar-refractivity contribution in [3.05, 3.63) is 16.1 Å². The average Bonchev–Trinajstić information content (AvgIpc) is 2.86. The molecule has 2 rings (SSSR count). The van der Waals surface area contributed by atoms with Crippen LogP contribution in [-0.2, 0) is 12.0 Å². The molecule has 0 atom stereocenters. The molecule has 1 heterocycles. The van der Waals surface area contributed by atoms with Crippen LogP contribution in [0.15, 0.2) is 5.38 Å². The molecule has 6 heteroatoms. The Labute approximate surface area is 142 Å². The van der Waals surface area contributed by atoms with E-state index >= 15 is 0 Å². The number of thiazole rings is 1. The molecule has 0 unspecified atom stereocenters. The Morgan fingerprint density at radius 1 is 1.26 bits per heavy atom. The van der Waals surface area contributed by atoms with Gasteiger partial charge in [-0.05, 0) is 12.8 Å². The van der Waals surface area contributed by atoms with Crippen LogP contribution in [0.3, 0.4) is 0 Å². The third-order valence-electron chi connectivity index (χ3n) is 4.33. The van der Waals surface area contributed by atoms with E-state index in [1.165, 1.54) is 12.8 Å². The van der Waals surface area contributed by atoms with Crippen LogP contribution in [0, 0.1) is 0 Å². The molecule has 3 N–H and O–H groups in total. The Kier molecular flexibility index (Phi) is 6.03. The van der Waals surface area contributed by atoms with Crippen molar-refractivity contribution in [3.8, 4) is 0 Å².